The third-order valence-electron chi connectivity index (χ3n) is 1.71. The van der Waals surface area contributed by atoms with Gasteiger partial charge in [0, 0.05) is 0 Å². The number of aromatic carboxylic acids is 1. The molecule has 1 N–H and O–H groups in total. The lowest BCUT2D eigenvalue weighted by molar-refractivity contribution is 0.0689. The van der Waals surface area contributed by atoms with E-state index in [1.807, 2.05) is 0 Å². The number of halogens is 1. The number of ether oxygens (including phenoxy) is 2. The van der Waals surface area contributed by atoms with Crippen LogP contribution in [-0.4, -0.2) is 25.3 Å². The summed E-state index contributed by atoms with van der Waals surface area (Å²) in [6.07, 6.45) is 0. The van der Waals surface area contributed by atoms with Gasteiger partial charge < -0.3 is 14.6 Å². The largest absolute Gasteiger partial charge is 0.496 e. The molecule has 0 aliphatic rings. The van der Waals surface area contributed by atoms with Crippen molar-refractivity contribution in [2.24, 2.45) is 0 Å². The van der Waals surface area contributed by atoms with Gasteiger partial charge in [0.15, 0.2) is 5.75 Å². The van der Waals surface area contributed by atoms with Gasteiger partial charge in [-0.1, -0.05) is 11.6 Å². The van der Waals surface area contributed by atoms with E-state index < -0.39 is 5.97 Å². The fourth-order valence-electron chi connectivity index (χ4n) is 1.11. The highest BCUT2D eigenvalue weighted by Gasteiger charge is 2.19. The SMILES string of the molecule is COc1ccc(Cl)c(OC)c1C(=O)O. The summed E-state index contributed by atoms with van der Waals surface area (Å²) in [5.41, 5.74) is -0.0671. The Balaban J connectivity index is 3.43. The Bertz CT molecular complexity index is 362. The van der Waals surface area contributed by atoms with Crippen molar-refractivity contribution >= 4 is 17.6 Å². The second kappa shape index (κ2) is 4.19. The smallest absolute Gasteiger partial charge is 0.343 e. The number of benzene rings is 1. The van der Waals surface area contributed by atoms with Crippen molar-refractivity contribution in [1.82, 2.24) is 0 Å². The minimum atomic E-state index is -1.14. The predicted octanol–water partition coefficient (Wildman–Crippen LogP) is 2.06. The lowest BCUT2D eigenvalue weighted by Crippen LogP contribution is -2.04. The molecule has 1 aromatic carbocycles. The molecule has 0 aliphatic heterocycles. The first-order valence-corrected chi connectivity index (χ1v) is 4.13. The van der Waals surface area contributed by atoms with Gasteiger partial charge in [-0.3, -0.25) is 0 Å². The van der Waals surface area contributed by atoms with Crippen LogP contribution in [0.2, 0.25) is 5.02 Å². The summed E-state index contributed by atoms with van der Waals surface area (Å²) in [6.45, 7) is 0. The molecule has 1 aromatic rings. The molecular weight excluding hydrogens is 208 g/mol. The summed E-state index contributed by atoms with van der Waals surface area (Å²) in [6, 6.07) is 3.00. The van der Waals surface area contributed by atoms with Crippen molar-refractivity contribution in [2.75, 3.05) is 14.2 Å². The lowest BCUT2D eigenvalue weighted by atomic mass is 10.2. The van der Waals surface area contributed by atoms with Crippen LogP contribution in [0.3, 0.4) is 0 Å². The maximum Gasteiger partial charge on any atom is 0.343 e. The molecule has 76 valence electrons. The molecule has 0 unspecified atom stereocenters. The van der Waals surface area contributed by atoms with Crippen LogP contribution in [0.1, 0.15) is 10.4 Å². The molecule has 0 fully saturated rings. The molecule has 4 nitrogen and oxygen atoms in total. The summed E-state index contributed by atoms with van der Waals surface area (Å²) < 4.78 is 9.77. The van der Waals surface area contributed by atoms with E-state index in [9.17, 15) is 4.79 Å². The minimum Gasteiger partial charge on any atom is -0.496 e. The highest BCUT2D eigenvalue weighted by Crippen LogP contribution is 2.34. The molecule has 5 heteroatoms. The summed E-state index contributed by atoms with van der Waals surface area (Å²) >= 11 is 5.76. The second-order valence-electron chi connectivity index (χ2n) is 2.46. The number of carbonyl (C=O) groups is 1. The van der Waals surface area contributed by atoms with E-state index in [-0.39, 0.29) is 22.1 Å². The topological polar surface area (TPSA) is 55.8 Å². The molecule has 0 radical (unpaired) electrons. The summed E-state index contributed by atoms with van der Waals surface area (Å²) in [5.74, 6) is -0.807. The normalized spacial score (nSPS) is 9.64. The highest BCUT2D eigenvalue weighted by molar-refractivity contribution is 6.32. The van der Waals surface area contributed by atoms with Crippen LogP contribution >= 0.6 is 11.6 Å². The van der Waals surface area contributed by atoms with Gasteiger partial charge in [0.1, 0.15) is 11.3 Å². The summed E-state index contributed by atoms with van der Waals surface area (Å²) in [7, 11) is 2.74. The molecule has 0 heterocycles. The fourth-order valence-corrected chi connectivity index (χ4v) is 1.35. The summed E-state index contributed by atoms with van der Waals surface area (Å²) in [5, 5.41) is 9.16. The first-order valence-electron chi connectivity index (χ1n) is 3.75. The molecule has 1 rings (SSSR count). The average Bonchev–Trinajstić information content (AvgIpc) is 2.17. The maximum absolute atomic E-state index is 10.9. The number of carboxylic acid groups (broad SMARTS) is 1. The zero-order chi connectivity index (χ0) is 10.7. The van der Waals surface area contributed by atoms with Gasteiger partial charge in [-0.25, -0.2) is 4.79 Å². The van der Waals surface area contributed by atoms with Crippen LogP contribution in [0.15, 0.2) is 12.1 Å². The molecule has 0 amide bonds. The lowest BCUT2D eigenvalue weighted by Gasteiger charge is -2.10. The second-order valence-corrected chi connectivity index (χ2v) is 2.87. The molecule has 0 saturated heterocycles. The number of methoxy groups -OCH3 is 2. The van der Waals surface area contributed by atoms with Gasteiger partial charge in [0.25, 0.3) is 0 Å². The number of rotatable bonds is 3. The predicted molar refractivity (Wildman–Crippen MR) is 51.5 cm³/mol. The average molecular weight is 217 g/mol. The third-order valence-corrected chi connectivity index (χ3v) is 2.01. The van der Waals surface area contributed by atoms with Gasteiger partial charge in [0.05, 0.1) is 19.2 Å². The first kappa shape index (κ1) is 10.7. The zero-order valence-electron chi connectivity index (χ0n) is 7.70. The van der Waals surface area contributed by atoms with Gasteiger partial charge in [0.2, 0.25) is 0 Å². The van der Waals surface area contributed by atoms with Crippen molar-refractivity contribution in [2.45, 2.75) is 0 Å². The Morgan fingerprint density at radius 2 is 2.00 bits per heavy atom. The van der Waals surface area contributed by atoms with Gasteiger partial charge >= 0.3 is 5.97 Å². The Morgan fingerprint density at radius 3 is 2.43 bits per heavy atom. The monoisotopic (exact) mass is 216 g/mol. The van der Waals surface area contributed by atoms with Crippen molar-refractivity contribution in [3.63, 3.8) is 0 Å². The summed E-state index contributed by atoms with van der Waals surface area (Å²) in [4.78, 5) is 10.9. The Kier molecular flexibility index (Phi) is 3.19. The van der Waals surface area contributed by atoms with Crippen molar-refractivity contribution in [3.05, 3.63) is 22.7 Å². The zero-order valence-corrected chi connectivity index (χ0v) is 8.46. The van der Waals surface area contributed by atoms with E-state index in [2.05, 4.69) is 0 Å². The Hall–Kier alpha value is -1.42. The molecule has 0 atom stereocenters. The van der Waals surface area contributed by atoms with Crippen LogP contribution in [0.25, 0.3) is 0 Å². The number of carboxylic acids is 1. The third kappa shape index (κ3) is 1.75. The quantitative estimate of drug-likeness (QED) is 0.840. The van der Waals surface area contributed by atoms with Crippen molar-refractivity contribution < 1.29 is 19.4 Å². The Labute approximate surface area is 86.0 Å². The Morgan fingerprint density at radius 1 is 1.36 bits per heavy atom. The van der Waals surface area contributed by atoms with E-state index in [4.69, 9.17) is 26.2 Å². The maximum atomic E-state index is 10.9. The van der Waals surface area contributed by atoms with Gasteiger partial charge in [-0.2, -0.15) is 0 Å². The fraction of sp³-hybridized carbons (Fsp3) is 0.222. The van der Waals surface area contributed by atoms with Gasteiger partial charge in [-0.15, -0.1) is 0 Å². The molecule has 14 heavy (non-hydrogen) atoms. The molecular formula is C9H9ClO4. The molecule has 0 aliphatic carbocycles. The van der Waals surface area contributed by atoms with E-state index >= 15 is 0 Å². The molecule has 0 aromatic heterocycles. The van der Waals surface area contributed by atoms with Crippen LogP contribution in [0, 0.1) is 0 Å². The standard InChI is InChI=1S/C9H9ClO4/c1-13-6-4-3-5(10)8(14-2)7(6)9(11)12/h3-4H,1-2H3,(H,11,12). The minimum absolute atomic E-state index is 0.0671. The van der Waals surface area contributed by atoms with E-state index in [1.54, 1.807) is 0 Å². The molecule has 0 bridgehead atoms. The van der Waals surface area contributed by atoms with E-state index in [1.165, 1.54) is 26.4 Å². The van der Waals surface area contributed by atoms with Crippen LogP contribution < -0.4 is 9.47 Å². The van der Waals surface area contributed by atoms with Crippen LogP contribution in [0.5, 0.6) is 11.5 Å². The number of hydrogen-bond donors (Lipinski definition) is 1. The van der Waals surface area contributed by atoms with E-state index in [0.717, 1.165) is 0 Å². The van der Waals surface area contributed by atoms with E-state index in [0.29, 0.717) is 0 Å². The van der Waals surface area contributed by atoms with Crippen LogP contribution in [-0.2, 0) is 0 Å². The molecule has 0 spiro atoms. The first-order chi connectivity index (χ1) is 6.61. The molecule has 0 saturated carbocycles. The van der Waals surface area contributed by atoms with Crippen molar-refractivity contribution in [3.8, 4) is 11.5 Å². The van der Waals surface area contributed by atoms with Crippen LogP contribution in [0.4, 0.5) is 0 Å². The number of hydrogen-bond acceptors (Lipinski definition) is 3. The highest BCUT2D eigenvalue weighted by atomic mass is 35.5. The van der Waals surface area contributed by atoms with Gasteiger partial charge in [-0.05, 0) is 12.1 Å². The van der Waals surface area contributed by atoms with Crippen molar-refractivity contribution in [1.29, 1.82) is 0 Å².